The normalized spacial score (nSPS) is 24.1. The molecule has 0 amide bonds. The maximum atomic E-state index is 10.7. The Balaban J connectivity index is 2.23. The van der Waals surface area contributed by atoms with Crippen LogP contribution in [0.4, 0.5) is 11.5 Å². The van der Waals surface area contributed by atoms with Gasteiger partial charge < -0.3 is 4.90 Å². The lowest BCUT2D eigenvalue weighted by Gasteiger charge is -2.35. The molecule has 0 aliphatic carbocycles. The third-order valence-electron chi connectivity index (χ3n) is 3.20. The Labute approximate surface area is 111 Å². The summed E-state index contributed by atoms with van der Waals surface area (Å²) < 4.78 is 0. The smallest absolute Gasteiger partial charge is 0.306 e. The van der Waals surface area contributed by atoms with Crippen LogP contribution in [0.2, 0.25) is 5.15 Å². The van der Waals surface area contributed by atoms with Crippen LogP contribution >= 0.6 is 11.6 Å². The van der Waals surface area contributed by atoms with E-state index in [0.29, 0.717) is 11.8 Å². The highest BCUT2D eigenvalue weighted by Crippen LogP contribution is 2.29. The molecule has 0 radical (unpaired) electrons. The molecule has 1 aromatic rings. The second-order valence-electron chi connectivity index (χ2n) is 5.09. The van der Waals surface area contributed by atoms with E-state index in [1.807, 2.05) is 0 Å². The van der Waals surface area contributed by atoms with Crippen molar-refractivity contribution in [2.75, 3.05) is 18.0 Å². The summed E-state index contributed by atoms with van der Waals surface area (Å²) in [6, 6.07) is 3.10. The van der Waals surface area contributed by atoms with Crippen LogP contribution in [0.15, 0.2) is 12.1 Å². The van der Waals surface area contributed by atoms with Gasteiger partial charge in [-0.05, 0) is 24.3 Å². The lowest BCUT2D eigenvalue weighted by molar-refractivity contribution is -0.385. The van der Waals surface area contributed by atoms with E-state index in [9.17, 15) is 10.1 Å². The fourth-order valence-corrected chi connectivity index (χ4v) is 2.80. The van der Waals surface area contributed by atoms with Gasteiger partial charge >= 0.3 is 5.69 Å². The van der Waals surface area contributed by atoms with Crippen molar-refractivity contribution in [3.05, 3.63) is 27.4 Å². The molecule has 1 fully saturated rings. The molecular formula is C12H16ClN3O2. The number of piperidine rings is 1. The summed E-state index contributed by atoms with van der Waals surface area (Å²) in [7, 11) is 0. The molecule has 18 heavy (non-hydrogen) atoms. The van der Waals surface area contributed by atoms with E-state index >= 15 is 0 Å². The summed E-state index contributed by atoms with van der Waals surface area (Å²) in [5.41, 5.74) is -0.140. The number of pyridine rings is 1. The minimum absolute atomic E-state index is 0.0385. The van der Waals surface area contributed by atoms with E-state index in [4.69, 9.17) is 11.6 Å². The molecule has 98 valence electrons. The molecule has 2 rings (SSSR count). The average Bonchev–Trinajstić information content (AvgIpc) is 2.26. The zero-order valence-electron chi connectivity index (χ0n) is 10.5. The maximum Gasteiger partial charge on any atom is 0.306 e. The summed E-state index contributed by atoms with van der Waals surface area (Å²) in [5, 5.41) is 10.6. The Morgan fingerprint density at radius 3 is 2.50 bits per heavy atom. The number of nitrogens with zero attached hydrogens (tertiary/aromatic N) is 3. The highest BCUT2D eigenvalue weighted by atomic mass is 35.5. The molecule has 6 heteroatoms. The molecular weight excluding hydrogens is 254 g/mol. The van der Waals surface area contributed by atoms with Crippen molar-refractivity contribution in [1.29, 1.82) is 0 Å². The van der Waals surface area contributed by atoms with E-state index in [2.05, 4.69) is 23.7 Å². The molecule has 5 nitrogen and oxygen atoms in total. The Bertz CT molecular complexity index is 457. The number of anilines is 1. The van der Waals surface area contributed by atoms with E-state index in [0.717, 1.165) is 18.9 Å². The lowest BCUT2D eigenvalue weighted by atomic mass is 9.92. The van der Waals surface area contributed by atoms with Crippen LogP contribution in [0.5, 0.6) is 0 Å². The standard InChI is InChI=1S/C12H16ClN3O2/c1-8-5-9(2)7-15(6-8)11-4-3-10(16(17)18)12(13)14-11/h3-4,8-9H,5-7H2,1-2H3. The van der Waals surface area contributed by atoms with Crippen molar-refractivity contribution in [2.45, 2.75) is 20.3 Å². The topological polar surface area (TPSA) is 59.3 Å². The number of halogens is 1. The molecule has 2 atom stereocenters. The first-order valence-electron chi connectivity index (χ1n) is 6.03. The largest absolute Gasteiger partial charge is 0.356 e. The Hall–Kier alpha value is -1.36. The van der Waals surface area contributed by atoms with E-state index in [1.54, 1.807) is 6.07 Å². The third kappa shape index (κ3) is 2.72. The van der Waals surface area contributed by atoms with Gasteiger partial charge in [0.25, 0.3) is 0 Å². The van der Waals surface area contributed by atoms with Crippen molar-refractivity contribution in [3.8, 4) is 0 Å². The average molecular weight is 270 g/mol. The molecule has 0 saturated carbocycles. The van der Waals surface area contributed by atoms with Crippen molar-refractivity contribution in [2.24, 2.45) is 11.8 Å². The number of nitro groups is 1. The summed E-state index contributed by atoms with van der Waals surface area (Å²) in [4.78, 5) is 16.5. The Kier molecular flexibility index (Phi) is 3.71. The monoisotopic (exact) mass is 269 g/mol. The molecule has 0 aromatic carbocycles. The molecule has 1 aromatic heterocycles. The second kappa shape index (κ2) is 5.10. The van der Waals surface area contributed by atoms with Gasteiger partial charge in [-0.15, -0.1) is 0 Å². The van der Waals surface area contributed by atoms with Crippen LogP contribution < -0.4 is 4.90 Å². The zero-order valence-corrected chi connectivity index (χ0v) is 11.2. The molecule has 0 spiro atoms. The Morgan fingerprint density at radius 2 is 2.00 bits per heavy atom. The first-order chi connectivity index (χ1) is 8.47. The summed E-state index contributed by atoms with van der Waals surface area (Å²) in [5.74, 6) is 1.93. The SMILES string of the molecule is CC1CC(C)CN(c2ccc([N+](=O)[O-])c(Cl)n2)C1. The predicted molar refractivity (Wildman–Crippen MR) is 71.1 cm³/mol. The van der Waals surface area contributed by atoms with Gasteiger partial charge in [-0.2, -0.15) is 0 Å². The number of hydrogen-bond acceptors (Lipinski definition) is 4. The first kappa shape index (κ1) is 13.1. The van der Waals surface area contributed by atoms with Gasteiger partial charge in [-0.25, -0.2) is 4.98 Å². The van der Waals surface area contributed by atoms with Gasteiger partial charge in [0.05, 0.1) is 4.92 Å². The van der Waals surface area contributed by atoms with Crippen molar-refractivity contribution >= 4 is 23.1 Å². The number of aromatic nitrogens is 1. The molecule has 1 aliphatic rings. The van der Waals surface area contributed by atoms with Crippen LogP contribution in [0.25, 0.3) is 0 Å². The van der Waals surface area contributed by atoms with Crippen LogP contribution in [-0.2, 0) is 0 Å². The summed E-state index contributed by atoms with van der Waals surface area (Å²) in [6.07, 6.45) is 1.21. The van der Waals surface area contributed by atoms with Crippen molar-refractivity contribution in [3.63, 3.8) is 0 Å². The fraction of sp³-hybridized carbons (Fsp3) is 0.583. The minimum Gasteiger partial charge on any atom is -0.356 e. The van der Waals surface area contributed by atoms with Crippen LogP contribution in [0.3, 0.4) is 0 Å². The molecule has 0 bridgehead atoms. The first-order valence-corrected chi connectivity index (χ1v) is 6.41. The second-order valence-corrected chi connectivity index (χ2v) is 5.45. The fourth-order valence-electron chi connectivity index (χ4n) is 2.58. The third-order valence-corrected chi connectivity index (χ3v) is 3.48. The molecule has 1 aliphatic heterocycles. The van der Waals surface area contributed by atoms with Gasteiger partial charge in [0.2, 0.25) is 5.15 Å². The van der Waals surface area contributed by atoms with Crippen LogP contribution in [-0.4, -0.2) is 23.0 Å². The van der Waals surface area contributed by atoms with Crippen molar-refractivity contribution in [1.82, 2.24) is 4.98 Å². The van der Waals surface area contributed by atoms with E-state index in [-0.39, 0.29) is 10.8 Å². The Morgan fingerprint density at radius 1 is 1.39 bits per heavy atom. The van der Waals surface area contributed by atoms with Gasteiger partial charge in [-0.3, -0.25) is 10.1 Å². The van der Waals surface area contributed by atoms with Crippen LogP contribution in [0.1, 0.15) is 20.3 Å². The van der Waals surface area contributed by atoms with Crippen molar-refractivity contribution < 1.29 is 4.92 Å². The zero-order chi connectivity index (χ0) is 13.3. The van der Waals surface area contributed by atoms with E-state index in [1.165, 1.54) is 12.5 Å². The van der Waals surface area contributed by atoms with Gasteiger partial charge in [0.1, 0.15) is 5.82 Å². The molecule has 2 unspecified atom stereocenters. The van der Waals surface area contributed by atoms with Crippen LogP contribution in [0, 0.1) is 22.0 Å². The maximum absolute atomic E-state index is 10.7. The number of rotatable bonds is 2. The number of hydrogen-bond donors (Lipinski definition) is 0. The summed E-state index contributed by atoms with van der Waals surface area (Å²) in [6.45, 7) is 6.25. The lowest BCUT2D eigenvalue weighted by Crippen LogP contribution is -2.39. The van der Waals surface area contributed by atoms with Gasteiger partial charge in [0, 0.05) is 19.2 Å². The quantitative estimate of drug-likeness (QED) is 0.470. The minimum atomic E-state index is -0.513. The highest BCUT2D eigenvalue weighted by Gasteiger charge is 2.24. The summed E-state index contributed by atoms with van der Waals surface area (Å²) >= 11 is 5.84. The van der Waals surface area contributed by atoms with Gasteiger partial charge in [-0.1, -0.05) is 25.4 Å². The van der Waals surface area contributed by atoms with E-state index < -0.39 is 4.92 Å². The predicted octanol–water partition coefficient (Wildman–Crippen LogP) is 3.13. The van der Waals surface area contributed by atoms with Gasteiger partial charge in [0.15, 0.2) is 0 Å². The molecule has 2 heterocycles. The molecule has 0 N–H and O–H groups in total. The molecule has 1 saturated heterocycles. The highest BCUT2D eigenvalue weighted by molar-refractivity contribution is 6.31.